The summed E-state index contributed by atoms with van der Waals surface area (Å²) in [6.07, 6.45) is 0. The topological polar surface area (TPSA) is 51.2 Å². The van der Waals surface area contributed by atoms with E-state index in [9.17, 15) is 4.79 Å². The summed E-state index contributed by atoms with van der Waals surface area (Å²) in [6.45, 7) is 4.43. The monoisotopic (exact) mass is 379 g/mol. The van der Waals surface area contributed by atoms with Crippen LogP contribution in [-0.4, -0.2) is 68.5 Å². The van der Waals surface area contributed by atoms with Gasteiger partial charge in [0.2, 0.25) is 5.91 Å². The molecule has 1 N–H and O–H groups in total. The summed E-state index contributed by atoms with van der Waals surface area (Å²) in [6, 6.07) is 20.7. The normalized spacial score (nSPS) is 14.7. The van der Waals surface area contributed by atoms with Crippen LogP contribution in [0.15, 0.2) is 65.7 Å². The number of likely N-dealkylation sites (N-methyl/N-ethyl adjacent to an activating group) is 1. The van der Waals surface area contributed by atoms with Gasteiger partial charge in [-0.05, 0) is 17.7 Å². The predicted octanol–water partition coefficient (Wildman–Crippen LogP) is 2.04. The minimum Gasteiger partial charge on any atom is -0.368 e. The molecule has 0 spiro atoms. The van der Waals surface area contributed by atoms with Crippen molar-refractivity contribution in [1.82, 2.24) is 15.1 Å². The van der Waals surface area contributed by atoms with Gasteiger partial charge in [-0.25, -0.2) is 4.99 Å². The molecule has 148 valence electrons. The number of carbonyl (C=O) groups is 1. The highest BCUT2D eigenvalue weighted by Crippen LogP contribution is 2.15. The molecule has 1 heterocycles. The quantitative estimate of drug-likeness (QED) is 0.638. The molecule has 1 fully saturated rings. The van der Waals surface area contributed by atoms with E-state index in [-0.39, 0.29) is 12.5 Å². The molecule has 1 aliphatic heterocycles. The van der Waals surface area contributed by atoms with Crippen molar-refractivity contribution in [2.75, 3.05) is 51.7 Å². The fraction of sp³-hybridized carbons (Fsp3) is 0.364. The van der Waals surface area contributed by atoms with E-state index in [1.165, 1.54) is 5.69 Å². The van der Waals surface area contributed by atoms with E-state index in [0.717, 1.165) is 37.7 Å². The maximum Gasteiger partial charge on any atom is 0.241 e. The molecule has 0 aromatic heterocycles. The second kappa shape index (κ2) is 9.78. The number of anilines is 1. The number of para-hydroxylation sites is 1. The third kappa shape index (κ3) is 5.49. The van der Waals surface area contributed by atoms with Gasteiger partial charge < -0.3 is 20.0 Å². The fourth-order valence-corrected chi connectivity index (χ4v) is 3.15. The minimum absolute atomic E-state index is 0.0373. The van der Waals surface area contributed by atoms with E-state index < -0.39 is 0 Å². The molecule has 1 saturated heterocycles. The van der Waals surface area contributed by atoms with Crippen LogP contribution in [0.4, 0.5) is 5.69 Å². The first-order valence-corrected chi connectivity index (χ1v) is 9.71. The highest BCUT2D eigenvalue weighted by atomic mass is 16.2. The van der Waals surface area contributed by atoms with Crippen molar-refractivity contribution in [2.24, 2.45) is 4.99 Å². The Hall–Kier alpha value is -3.02. The average Bonchev–Trinajstić information content (AvgIpc) is 2.75. The average molecular weight is 380 g/mol. The lowest BCUT2D eigenvalue weighted by molar-refractivity contribution is -0.127. The van der Waals surface area contributed by atoms with Crippen LogP contribution in [0.1, 0.15) is 5.56 Å². The molecule has 1 aliphatic rings. The van der Waals surface area contributed by atoms with E-state index in [1.54, 1.807) is 19.0 Å². The van der Waals surface area contributed by atoms with Gasteiger partial charge in [0.25, 0.3) is 0 Å². The van der Waals surface area contributed by atoms with Crippen LogP contribution in [0.3, 0.4) is 0 Å². The molecule has 6 nitrogen and oxygen atoms in total. The lowest BCUT2D eigenvalue weighted by Crippen LogP contribution is -2.53. The summed E-state index contributed by atoms with van der Waals surface area (Å²) < 4.78 is 0. The molecule has 1 amide bonds. The standard InChI is InChI=1S/C22H29N5O/c1-25(2)21(28)18-24-22(23-17-19-9-5-3-6-10-19)27-15-13-26(14-16-27)20-11-7-4-8-12-20/h3-12H,13-18H2,1-2H3,(H,23,24). The molecule has 0 saturated carbocycles. The molecule has 2 aromatic carbocycles. The Kier molecular flexibility index (Phi) is 6.89. The third-order valence-electron chi connectivity index (χ3n) is 4.85. The van der Waals surface area contributed by atoms with Gasteiger partial charge in [0.15, 0.2) is 5.96 Å². The number of guanidine groups is 1. The van der Waals surface area contributed by atoms with Gasteiger partial charge in [0.1, 0.15) is 0 Å². The largest absolute Gasteiger partial charge is 0.368 e. The van der Waals surface area contributed by atoms with Crippen LogP contribution >= 0.6 is 0 Å². The number of aliphatic imine (C=N–C) groups is 1. The van der Waals surface area contributed by atoms with E-state index in [4.69, 9.17) is 4.99 Å². The third-order valence-corrected chi connectivity index (χ3v) is 4.85. The molecule has 0 unspecified atom stereocenters. The Balaban J connectivity index is 1.65. The molecular weight excluding hydrogens is 350 g/mol. The van der Waals surface area contributed by atoms with Crippen molar-refractivity contribution in [3.8, 4) is 0 Å². The van der Waals surface area contributed by atoms with Crippen LogP contribution < -0.4 is 10.2 Å². The molecule has 0 radical (unpaired) electrons. The second-order valence-corrected chi connectivity index (χ2v) is 7.08. The van der Waals surface area contributed by atoms with Crippen molar-refractivity contribution in [3.63, 3.8) is 0 Å². The minimum atomic E-state index is 0.0373. The van der Waals surface area contributed by atoms with E-state index in [1.807, 2.05) is 24.3 Å². The molecule has 2 aromatic rings. The number of nitrogens with zero attached hydrogens (tertiary/aromatic N) is 4. The van der Waals surface area contributed by atoms with Crippen molar-refractivity contribution in [2.45, 2.75) is 6.54 Å². The first kappa shape index (κ1) is 19.7. The maximum absolute atomic E-state index is 12.0. The predicted molar refractivity (Wildman–Crippen MR) is 115 cm³/mol. The Morgan fingerprint density at radius 2 is 1.57 bits per heavy atom. The summed E-state index contributed by atoms with van der Waals surface area (Å²) in [7, 11) is 3.53. The van der Waals surface area contributed by atoms with Crippen LogP contribution in [0.5, 0.6) is 0 Å². The summed E-state index contributed by atoms with van der Waals surface area (Å²) in [4.78, 5) is 23.0. The SMILES string of the molecule is CN(C)C(=O)CNC(=NCc1ccccc1)N1CCN(c2ccccc2)CC1. The van der Waals surface area contributed by atoms with Crippen molar-refractivity contribution >= 4 is 17.6 Å². The van der Waals surface area contributed by atoms with E-state index in [2.05, 4.69) is 51.5 Å². The van der Waals surface area contributed by atoms with Crippen LogP contribution in [0.2, 0.25) is 0 Å². The van der Waals surface area contributed by atoms with Gasteiger partial charge in [-0.15, -0.1) is 0 Å². The second-order valence-electron chi connectivity index (χ2n) is 7.08. The lowest BCUT2D eigenvalue weighted by atomic mass is 10.2. The van der Waals surface area contributed by atoms with Gasteiger partial charge in [0, 0.05) is 46.0 Å². The van der Waals surface area contributed by atoms with Gasteiger partial charge in [-0.3, -0.25) is 4.79 Å². The number of rotatable bonds is 5. The van der Waals surface area contributed by atoms with E-state index >= 15 is 0 Å². The molecular formula is C22H29N5O. The molecule has 0 aliphatic carbocycles. The summed E-state index contributed by atoms with van der Waals surface area (Å²) in [5.74, 6) is 0.835. The Bertz CT molecular complexity index is 768. The fourth-order valence-electron chi connectivity index (χ4n) is 3.15. The number of carbonyl (C=O) groups excluding carboxylic acids is 1. The molecule has 0 atom stereocenters. The first-order valence-electron chi connectivity index (χ1n) is 9.71. The smallest absolute Gasteiger partial charge is 0.241 e. The highest BCUT2D eigenvalue weighted by molar-refractivity contribution is 5.86. The van der Waals surface area contributed by atoms with Gasteiger partial charge >= 0.3 is 0 Å². The first-order chi connectivity index (χ1) is 13.6. The maximum atomic E-state index is 12.0. The van der Waals surface area contributed by atoms with Crippen LogP contribution in [0, 0.1) is 0 Å². The number of amides is 1. The van der Waals surface area contributed by atoms with Crippen molar-refractivity contribution in [1.29, 1.82) is 0 Å². The summed E-state index contributed by atoms with van der Waals surface area (Å²) >= 11 is 0. The van der Waals surface area contributed by atoms with Gasteiger partial charge in [-0.1, -0.05) is 48.5 Å². The molecule has 0 bridgehead atoms. The number of hydrogen-bond acceptors (Lipinski definition) is 3. The summed E-state index contributed by atoms with van der Waals surface area (Å²) in [5, 5.41) is 3.26. The van der Waals surface area contributed by atoms with Crippen LogP contribution in [-0.2, 0) is 11.3 Å². The van der Waals surface area contributed by atoms with Crippen molar-refractivity contribution in [3.05, 3.63) is 66.2 Å². The zero-order valence-corrected chi connectivity index (χ0v) is 16.7. The Labute approximate surface area is 167 Å². The number of hydrogen-bond donors (Lipinski definition) is 1. The number of piperazine rings is 1. The Morgan fingerprint density at radius 1 is 0.964 bits per heavy atom. The van der Waals surface area contributed by atoms with E-state index in [0.29, 0.717) is 6.54 Å². The van der Waals surface area contributed by atoms with Crippen molar-refractivity contribution < 1.29 is 4.79 Å². The Morgan fingerprint density at radius 3 is 2.18 bits per heavy atom. The highest BCUT2D eigenvalue weighted by Gasteiger charge is 2.20. The zero-order valence-electron chi connectivity index (χ0n) is 16.7. The lowest BCUT2D eigenvalue weighted by Gasteiger charge is -2.37. The molecule has 3 rings (SSSR count). The molecule has 28 heavy (non-hydrogen) atoms. The summed E-state index contributed by atoms with van der Waals surface area (Å²) in [5.41, 5.74) is 2.41. The number of benzene rings is 2. The number of nitrogens with one attached hydrogen (secondary N) is 1. The van der Waals surface area contributed by atoms with Gasteiger partial charge in [0.05, 0.1) is 13.1 Å². The zero-order chi connectivity index (χ0) is 19.8. The van der Waals surface area contributed by atoms with Gasteiger partial charge in [-0.2, -0.15) is 0 Å². The molecule has 6 heteroatoms. The van der Waals surface area contributed by atoms with Crippen LogP contribution in [0.25, 0.3) is 0 Å².